The maximum atomic E-state index is 10.8. The molecule has 0 heterocycles. The van der Waals surface area contributed by atoms with Crippen LogP contribution in [0.25, 0.3) is 33.4 Å². The molecule has 0 unspecified atom stereocenters. The molecule has 1 N–H and O–H groups in total. The van der Waals surface area contributed by atoms with Crippen molar-refractivity contribution in [1.82, 2.24) is 0 Å². The molecule has 5 rings (SSSR count). The van der Waals surface area contributed by atoms with Crippen LogP contribution >= 0.6 is 0 Å². The monoisotopic (exact) mass is 530 g/mol. The highest BCUT2D eigenvalue weighted by Crippen LogP contribution is 2.32. The molecule has 0 bridgehead atoms. The molecule has 200 valence electrons. The van der Waals surface area contributed by atoms with Crippen LogP contribution in [0.5, 0.6) is 17.2 Å². The Morgan fingerprint density at radius 3 is 1.90 bits per heavy atom. The smallest absolute Gasteiger partial charge is 0.341 e. The number of aliphatic carboxylic acids is 1. The van der Waals surface area contributed by atoms with Gasteiger partial charge in [0.2, 0.25) is 0 Å². The molecule has 0 spiro atoms. The maximum Gasteiger partial charge on any atom is 0.341 e. The number of methoxy groups -OCH3 is 1. The van der Waals surface area contributed by atoms with Gasteiger partial charge in [-0.3, -0.25) is 0 Å². The molecule has 5 nitrogen and oxygen atoms in total. The van der Waals surface area contributed by atoms with Gasteiger partial charge in [0, 0.05) is 0 Å². The van der Waals surface area contributed by atoms with E-state index in [0.717, 1.165) is 44.7 Å². The number of hydrogen-bond donors (Lipinski definition) is 1. The summed E-state index contributed by atoms with van der Waals surface area (Å²) >= 11 is 0. The van der Waals surface area contributed by atoms with Crippen molar-refractivity contribution < 1.29 is 24.1 Å². The van der Waals surface area contributed by atoms with Gasteiger partial charge < -0.3 is 19.3 Å². The molecule has 5 heteroatoms. The minimum Gasteiger partial charge on any atom is -0.497 e. The average Bonchev–Trinajstić information content (AvgIpc) is 3.00. The predicted octanol–water partition coefficient (Wildman–Crippen LogP) is 8.05. The van der Waals surface area contributed by atoms with Gasteiger partial charge in [0.25, 0.3) is 0 Å². The Balaban J connectivity index is 1.46. The van der Waals surface area contributed by atoms with E-state index >= 15 is 0 Å². The Kier molecular flexibility index (Phi) is 8.12. The van der Waals surface area contributed by atoms with Gasteiger partial charge in [0.15, 0.2) is 6.61 Å². The Morgan fingerprint density at radius 1 is 0.625 bits per heavy atom. The second-order valence-electron chi connectivity index (χ2n) is 9.49. The minimum absolute atomic E-state index is 0.365. The second-order valence-corrected chi connectivity index (χ2v) is 9.49. The van der Waals surface area contributed by atoms with Crippen molar-refractivity contribution in [2.24, 2.45) is 0 Å². The summed E-state index contributed by atoms with van der Waals surface area (Å²) in [4.78, 5) is 10.8. The van der Waals surface area contributed by atoms with E-state index in [9.17, 15) is 4.79 Å². The molecule has 0 saturated carbocycles. The van der Waals surface area contributed by atoms with Gasteiger partial charge in [-0.05, 0) is 106 Å². The lowest BCUT2D eigenvalue weighted by Gasteiger charge is -2.14. The first-order valence-electron chi connectivity index (χ1n) is 13.0. The maximum absolute atomic E-state index is 10.8. The van der Waals surface area contributed by atoms with Crippen LogP contribution in [0.2, 0.25) is 0 Å². The largest absolute Gasteiger partial charge is 0.497 e. The zero-order valence-corrected chi connectivity index (χ0v) is 22.5. The van der Waals surface area contributed by atoms with E-state index in [1.807, 2.05) is 43.3 Å². The number of ether oxygens (including phenoxy) is 3. The first-order valence-corrected chi connectivity index (χ1v) is 13.0. The van der Waals surface area contributed by atoms with E-state index in [4.69, 9.17) is 19.3 Å². The van der Waals surface area contributed by atoms with E-state index < -0.39 is 5.97 Å². The highest BCUT2D eigenvalue weighted by atomic mass is 16.5. The van der Waals surface area contributed by atoms with Crippen LogP contribution < -0.4 is 14.2 Å². The highest BCUT2D eigenvalue weighted by Gasteiger charge is 2.10. The van der Waals surface area contributed by atoms with Crippen molar-refractivity contribution >= 4 is 5.97 Å². The van der Waals surface area contributed by atoms with Crippen molar-refractivity contribution in [2.75, 3.05) is 13.7 Å². The van der Waals surface area contributed by atoms with Gasteiger partial charge in [-0.2, -0.15) is 0 Å². The summed E-state index contributed by atoms with van der Waals surface area (Å²) in [5.41, 5.74) is 8.54. The zero-order valence-electron chi connectivity index (χ0n) is 22.5. The summed E-state index contributed by atoms with van der Waals surface area (Å²) < 4.78 is 16.9. The third-order valence-corrected chi connectivity index (χ3v) is 6.62. The molecule has 0 aliphatic carbocycles. The van der Waals surface area contributed by atoms with Gasteiger partial charge in [-0.25, -0.2) is 4.79 Å². The number of carboxylic acid groups (broad SMARTS) is 1. The normalized spacial score (nSPS) is 10.7. The third-order valence-electron chi connectivity index (χ3n) is 6.62. The van der Waals surface area contributed by atoms with Gasteiger partial charge >= 0.3 is 5.97 Å². The van der Waals surface area contributed by atoms with Crippen LogP contribution in [0.15, 0.2) is 115 Å². The SMILES string of the molecule is COc1ccc(-c2cc(COc3ccc(OCC(=O)O)c(C)c3)cc(-c3cccc(-c4ccccc4)c3)c2)cc1. The molecule has 0 saturated heterocycles. The Morgan fingerprint density at radius 2 is 1.23 bits per heavy atom. The molecule has 0 amide bonds. The fourth-order valence-electron chi connectivity index (χ4n) is 4.58. The molecular weight excluding hydrogens is 500 g/mol. The van der Waals surface area contributed by atoms with E-state index in [-0.39, 0.29) is 6.61 Å². The van der Waals surface area contributed by atoms with E-state index in [0.29, 0.717) is 18.1 Å². The van der Waals surface area contributed by atoms with Crippen LogP contribution in [0.4, 0.5) is 0 Å². The fourth-order valence-corrected chi connectivity index (χ4v) is 4.58. The number of aryl methyl sites for hydroxylation is 1. The first kappa shape index (κ1) is 26.6. The molecule has 5 aromatic rings. The third kappa shape index (κ3) is 6.51. The van der Waals surface area contributed by atoms with Crippen molar-refractivity contribution in [3.05, 3.63) is 126 Å². The van der Waals surface area contributed by atoms with Crippen molar-refractivity contribution in [3.63, 3.8) is 0 Å². The summed E-state index contributed by atoms with van der Waals surface area (Å²) in [6, 6.07) is 38.9. The van der Waals surface area contributed by atoms with Gasteiger partial charge in [0.1, 0.15) is 23.9 Å². The van der Waals surface area contributed by atoms with Crippen molar-refractivity contribution in [2.45, 2.75) is 13.5 Å². The number of rotatable bonds is 10. The number of carbonyl (C=O) groups is 1. The average molecular weight is 531 g/mol. The summed E-state index contributed by atoms with van der Waals surface area (Å²) in [5, 5.41) is 8.88. The Bertz CT molecular complexity index is 1610. The van der Waals surface area contributed by atoms with Gasteiger partial charge in [-0.1, -0.05) is 60.7 Å². The molecule has 0 aromatic heterocycles. The minimum atomic E-state index is -1.01. The number of hydrogen-bond acceptors (Lipinski definition) is 4. The lowest BCUT2D eigenvalue weighted by atomic mass is 9.94. The van der Waals surface area contributed by atoms with Crippen LogP contribution in [0.3, 0.4) is 0 Å². The van der Waals surface area contributed by atoms with Gasteiger partial charge in [-0.15, -0.1) is 0 Å². The van der Waals surface area contributed by atoms with E-state index in [1.165, 1.54) is 5.56 Å². The van der Waals surface area contributed by atoms with Crippen molar-refractivity contribution in [3.8, 4) is 50.6 Å². The molecule has 40 heavy (non-hydrogen) atoms. The van der Waals surface area contributed by atoms with Crippen LogP contribution in [0, 0.1) is 6.92 Å². The highest BCUT2D eigenvalue weighted by molar-refractivity contribution is 5.78. The zero-order chi connectivity index (χ0) is 27.9. The molecular formula is C35H30O5. The Labute approximate surface area is 234 Å². The van der Waals surface area contributed by atoms with Crippen molar-refractivity contribution in [1.29, 1.82) is 0 Å². The second kappa shape index (κ2) is 12.2. The summed E-state index contributed by atoms with van der Waals surface area (Å²) in [5.74, 6) is 1.01. The molecule has 0 radical (unpaired) electrons. The van der Waals surface area contributed by atoms with E-state index in [2.05, 4.69) is 66.7 Å². The lowest BCUT2D eigenvalue weighted by molar-refractivity contribution is -0.139. The molecule has 5 aromatic carbocycles. The number of carboxylic acids is 1. The van der Waals surface area contributed by atoms with Gasteiger partial charge in [0.05, 0.1) is 7.11 Å². The summed E-state index contributed by atoms with van der Waals surface area (Å²) in [7, 11) is 1.66. The first-order chi connectivity index (χ1) is 19.5. The molecule has 0 aliphatic heterocycles. The van der Waals surface area contributed by atoms with E-state index in [1.54, 1.807) is 19.2 Å². The summed E-state index contributed by atoms with van der Waals surface area (Å²) in [6.07, 6.45) is 0. The van der Waals surface area contributed by atoms with Crippen LogP contribution in [0.1, 0.15) is 11.1 Å². The molecule has 0 fully saturated rings. The quantitative estimate of drug-likeness (QED) is 0.198. The lowest BCUT2D eigenvalue weighted by Crippen LogP contribution is -2.10. The fraction of sp³-hybridized carbons (Fsp3) is 0.114. The molecule has 0 aliphatic rings. The number of benzene rings is 5. The Hall–Kier alpha value is -5.03. The predicted molar refractivity (Wildman–Crippen MR) is 158 cm³/mol. The standard InChI is InChI=1S/C35H30O5/c1-24-17-33(15-16-34(24)40-23-35(36)37)39-22-25-18-30(27-11-13-32(38-2)14-12-27)21-31(19-25)29-10-6-9-28(20-29)26-7-4-3-5-8-26/h3-21H,22-23H2,1-2H3,(H,36,37). The van der Waals surface area contributed by atoms with Crippen LogP contribution in [-0.4, -0.2) is 24.8 Å². The molecule has 0 atom stereocenters. The topological polar surface area (TPSA) is 65.0 Å². The van der Waals surface area contributed by atoms with Crippen LogP contribution in [-0.2, 0) is 11.4 Å². The summed E-state index contributed by atoms with van der Waals surface area (Å²) in [6.45, 7) is 1.85.